The zero-order chi connectivity index (χ0) is 13.1. The average Bonchev–Trinajstić information content (AvgIpc) is 2.09. The predicted octanol–water partition coefficient (Wildman–Crippen LogP) is 1.51. The highest BCUT2D eigenvalue weighted by Gasteiger charge is 2.43. The summed E-state index contributed by atoms with van der Waals surface area (Å²) >= 11 is 0. The van der Waals surface area contributed by atoms with E-state index in [0.29, 0.717) is 4.90 Å². The molecule has 0 aromatic rings. The Balaban J connectivity index is 4.82. The minimum absolute atomic E-state index is 0.589. The highest BCUT2D eigenvalue weighted by molar-refractivity contribution is 5.83. The summed E-state index contributed by atoms with van der Waals surface area (Å²) in [5.41, 5.74) is 0. The third-order valence-electron chi connectivity index (χ3n) is 2.07. The Bertz CT molecular complexity index is 276. The fourth-order valence-corrected chi connectivity index (χ4v) is 1.05. The molecule has 94 valence electrons. The summed E-state index contributed by atoms with van der Waals surface area (Å²) in [6.07, 6.45) is -4.65. The summed E-state index contributed by atoms with van der Waals surface area (Å²) in [6, 6.07) is -0.589. The average molecular weight is 241 g/mol. The maximum Gasteiger partial charge on any atom is 0.400 e. The molecule has 0 bridgehead atoms. The third-order valence-corrected chi connectivity index (χ3v) is 2.07. The molecule has 0 aliphatic rings. The number of carbonyl (C=O) groups is 2. The van der Waals surface area contributed by atoms with Crippen molar-refractivity contribution in [1.29, 1.82) is 0 Å². The van der Waals surface area contributed by atoms with Crippen LogP contribution in [0.4, 0.5) is 13.2 Å². The van der Waals surface area contributed by atoms with Crippen molar-refractivity contribution >= 4 is 11.9 Å². The predicted molar refractivity (Wildman–Crippen MR) is 49.7 cm³/mol. The summed E-state index contributed by atoms with van der Waals surface area (Å²) in [7, 11) is 0. The van der Waals surface area contributed by atoms with Crippen LogP contribution in [0, 0.1) is 5.92 Å². The quantitative estimate of drug-likeness (QED) is 0.811. The molecule has 1 unspecified atom stereocenters. The van der Waals surface area contributed by atoms with Gasteiger partial charge in [-0.15, -0.1) is 0 Å². The van der Waals surface area contributed by atoms with Crippen LogP contribution in [0.1, 0.15) is 20.8 Å². The van der Waals surface area contributed by atoms with E-state index in [1.54, 1.807) is 0 Å². The number of hydrogen-bond donors (Lipinski definition) is 1. The Morgan fingerprint density at radius 1 is 1.25 bits per heavy atom. The van der Waals surface area contributed by atoms with Crippen LogP contribution in [0.3, 0.4) is 0 Å². The number of halogens is 3. The third kappa shape index (κ3) is 4.08. The Morgan fingerprint density at radius 3 is 1.94 bits per heavy atom. The van der Waals surface area contributed by atoms with Crippen molar-refractivity contribution in [1.82, 2.24) is 4.90 Å². The molecule has 16 heavy (non-hydrogen) atoms. The molecule has 0 fully saturated rings. The summed E-state index contributed by atoms with van der Waals surface area (Å²) in [4.78, 5) is 22.5. The minimum atomic E-state index is -4.65. The standard InChI is InChI=1S/C9H14F3NO3/c1-5(2)13(4-7(14)15)8(16)6(3)9(10,11)12/h5-6H,4H2,1-3H3,(H,14,15). The summed E-state index contributed by atoms with van der Waals surface area (Å²) in [6.45, 7) is 2.92. The molecule has 1 N–H and O–H groups in total. The van der Waals surface area contributed by atoms with E-state index < -0.39 is 36.6 Å². The van der Waals surface area contributed by atoms with E-state index in [1.807, 2.05) is 0 Å². The van der Waals surface area contributed by atoms with E-state index in [1.165, 1.54) is 13.8 Å². The van der Waals surface area contributed by atoms with Gasteiger partial charge < -0.3 is 10.0 Å². The Kier molecular flexibility index (Phi) is 4.77. The maximum absolute atomic E-state index is 12.3. The number of amides is 1. The van der Waals surface area contributed by atoms with Crippen molar-refractivity contribution in [2.24, 2.45) is 5.92 Å². The van der Waals surface area contributed by atoms with Gasteiger partial charge in [0.05, 0.1) is 0 Å². The molecular formula is C9H14F3NO3. The molecule has 0 radical (unpaired) electrons. The van der Waals surface area contributed by atoms with Crippen molar-refractivity contribution in [3.8, 4) is 0 Å². The second-order valence-electron chi connectivity index (χ2n) is 3.72. The lowest BCUT2D eigenvalue weighted by Crippen LogP contribution is -2.46. The number of carboxylic acids is 1. The fourth-order valence-electron chi connectivity index (χ4n) is 1.05. The maximum atomic E-state index is 12.3. The van der Waals surface area contributed by atoms with Crippen LogP contribution in [0.5, 0.6) is 0 Å². The molecule has 0 aromatic carbocycles. The Labute approximate surface area is 91.0 Å². The molecule has 0 aliphatic carbocycles. The smallest absolute Gasteiger partial charge is 0.400 e. The van der Waals surface area contributed by atoms with Crippen LogP contribution in [0.25, 0.3) is 0 Å². The van der Waals surface area contributed by atoms with Gasteiger partial charge in [0.15, 0.2) is 0 Å². The molecule has 1 amide bonds. The first-order valence-corrected chi connectivity index (χ1v) is 4.66. The molecule has 0 aromatic heterocycles. The highest BCUT2D eigenvalue weighted by Crippen LogP contribution is 2.27. The summed E-state index contributed by atoms with van der Waals surface area (Å²) in [5, 5.41) is 8.49. The molecule has 4 nitrogen and oxygen atoms in total. The summed E-state index contributed by atoms with van der Waals surface area (Å²) < 4.78 is 36.8. The second-order valence-corrected chi connectivity index (χ2v) is 3.72. The first-order valence-electron chi connectivity index (χ1n) is 4.66. The molecule has 0 spiro atoms. The lowest BCUT2D eigenvalue weighted by Gasteiger charge is -2.28. The number of rotatable bonds is 4. The second kappa shape index (κ2) is 5.18. The van der Waals surface area contributed by atoms with Gasteiger partial charge in [-0.1, -0.05) is 0 Å². The Morgan fingerprint density at radius 2 is 1.69 bits per heavy atom. The van der Waals surface area contributed by atoms with E-state index in [2.05, 4.69) is 0 Å². The van der Waals surface area contributed by atoms with Crippen LogP contribution < -0.4 is 0 Å². The molecular weight excluding hydrogens is 227 g/mol. The number of carbonyl (C=O) groups excluding carboxylic acids is 1. The molecule has 0 rings (SSSR count). The van der Waals surface area contributed by atoms with Crippen LogP contribution in [-0.4, -0.2) is 40.6 Å². The Hall–Kier alpha value is -1.27. The number of aliphatic carboxylic acids is 1. The van der Waals surface area contributed by atoms with Gasteiger partial charge in [-0.3, -0.25) is 9.59 Å². The van der Waals surface area contributed by atoms with Crippen molar-refractivity contribution in [3.05, 3.63) is 0 Å². The van der Waals surface area contributed by atoms with Gasteiger partial charge in [0.1, 0.15) is 12.5 Å². The number of alkyl halides is 3. The molecule has 0 aliphatic heterocycles. The van der Waals surface area contributed by atoms with Gasteiger partial charge in [0, 0.05) is 6.04 Å². The van der Waals surface area contributed by atoms with Crippen LogP contribution in [0.2, 0.25) is 0 Å². The van der Waals surface area contributed by atoms with Gasteiger partial charge in [-0.25, -0.2) is 0 Å². The largest absolute Gasteiger partial charge is 0.480 e. The zero-order valence-corrected chi connectivity index (χ0v) is 9.21. The lowest BCUT2D eigenvalue weighted by molar-refractivity contribution is -0.187. The minimum Gasteiger partial charge on any atom is -0.480 e. The van der Waals surface area contributed by atoms with E-state index in [4.69, 9.17) is 5.11 Å². The van der Waals surface area contributed by atoms with E-state index in [0.717, 1.165) is 6.92 Å². The SMILES string of the molecule is CC(C)N(CC(=O)O)C(=O)C(C)C(F)(F)F. The van der Waals surface area contributed by atoms with E-state index in [-0.39, 0.29) is 0 Å². The normalized spacial score (nSPS) is 13.7. The van der Waals surface area contributed by atoms with Crippen molar-refractivity contribution < 1.29 is 27.9 Å². The van der Waals surface area contributed by atoms with E-state index >= 15 is 0 Å². The van der Waals surface area contributed by atoms with Gasteiger partial charge in [-0.2, -0.15) is 13.2 Å². The van der Waals surface area contributed by atoms with E-state index in [9.17, 15) is 22.8 Å². The van der Waals surface area contributed by atoms with Crippen LogP contribution in [-0.2, 0) is 9.59 Å². The number of hydrogen-bond acceptors (Lipinski definition) is 2. The topological polar surface area (TPSA) is 57.6 Å². The molecule has 7 heteroatoms. The summed E-state index contributed by atoms with van der Waals surface area (Å²) in [5.74, 6) is -4.74. The van der Waals surface area contributed by atoms with Gasteiger partial charge in [0.25, 0.3) is 0 Å². The van der Waals surface area contributed by atoms with Crippen molar-refractivity contribution in [2.75, 3.05) is 6.54 Å². The van der Waals surface area contributed by atoms with Crippen molar-refractivity contribution in [2.45, 2.75) is 33.0 Å². The van der Waals surface area contributed by atoms with Gasteiger partial charge in [-0.05, 0) is 20.8 Å². The van der Waals surface area contributed by atoms with Crippen molar-refractivity contribution in [3.63, 3.8) is 0 Å². The van der Waals surface area contributed by atoms with Crippen LogP contribution >= 0.6 is 0 Å². The molecule has 0 saturated heterocycles. The number of nitrogens with zero attached hydrogens (tertiary/aromatic N) is 1. The fraction of sp³-hybridized carbons (Fsp3) is 0.778. The molecule has 0 saturated carbocycles. The van der Waals surface area contributed by atoms with Crippen LogP contribution in [0.15, 0.2) is 0 Å². The first kappa shape index (κ1) is 14.7. The monoisotopic (exact) mass is 241 g/mol. The first-order chi connectivity index (χ1) is 7.07. The molecule has 1 atom stereocenters. The van der Waals surface area contributed by atoms with Gasteiger partial charge >= 0.3 is 12.1 Å². The zero-order valence-electron chi connectivity index (χ0n) is 9.21. The highest BCUT2D eigenvalue weighted by atomic mass is 19.4. The lowest BCUT2D eigenvalue weighted by atomic mass is 10.1. The number of carboxylic acid groups (broad SMARTS) is 1. The van der Waals surface area contributed by atoms with Gasteiger partial charge in [0.2, 0.25) is 5.91 Å². The molecule has 0 heterocycles.